The third kappa shape index (κ3) is 4.84. The van der Waals surface area contributed by atoms with E-state index in [1.165, 1.54) is 43.8 Å². The Morgan fingerprint density at radius 3 is 2.28 bits per heavy atom. The molecule has 1 aromatic rings. The summed E-state index contributed by atoms with van der Waals surface area (Å²) in [5, 5.41) is 0.602. The van der Waals surface area contributed by atoms with Crippen molar-refractivity contribution >= 4 is 29.1 Å². The van der Waals surface area contributed by atoms with Gasteiger partial charge in [0.05, 0.1) is 18.2 Å². The van der Waals surface area contributed by atoms with Gasteiger partial charge in [-0.05, 0) is 101 Å². The molecule has 3 aliphatic heterocycles. The zero-order valence-corrected chi connectivity index (χ0v) is 18.1. The van der Waals surface area contributed by atoms with E-state index in [1.54, 1.807) is 24.3 Å². The third-order valence-electron chi connectivity index (χ3n) is 7.03. The first-order valence-corrected chi connectivity index (χ1v) is 11.5. The molecule has 0 aliphatic carbocycles. The van der Waals surface area contributed by atoms with Crippen molar-refractivity contribution in [3.05, 3.63) is 29.3 Å². The molecule has 3 saturated heterocycles. The van der Waals surface area contributed by atoms with Gasteiger partial charge in [-0.3, -0.25) is 14.5 Å². The van der Waals surface area contributed by atoms with Crippen LogP contribution in [-0.4, -0.2) is 60.4 Å². The molecule has 5 nitrogen and oxygen atoms in total. The maximum atomic E-state index is 13.0. The molecule has 6 heteroatoms. The summed E-state index contributed by atoms with van der Waals surface area (Å²) in [5.74, 6) is 1.43. The second kappa shape index (κ2) is 9.15. The van der Waals surface area contributed by atoms with E-state index in [2.05, 4.69) is 16.7 Å². The van der Waals surface area contributed by atoms with E-state index in [9.17, 15) is 9.59 Å². The fourth-order valence-corrected chi connectivity index (χ4v) is 5.09. The van der Waals surface area contributed by atoms with Crippen molar-refractivity contribution in [2.45, 2.75) is 51.5 Å². The van der Waals surface area contributed by atoms with E-state index in [1.807, 2.05) is 0 Å². The fraction of sp³-hybridized carbons (Fsp3) is 0.652. The number of carbonyl (C=O) groups is 2. The molecule has 1 atom stereocenters. The molecule has 0 unspecified atom stereocenters. The zero-order chi connectivity index (χ0) is 20.4. The van der Waals surface area contributed by atoms with Crippen LogP contribution in [-0.2, 0) is 9.59 Å². The summed E-state index contributed by atoms with van der Waals surface area (Å²) >= 11 is 5.94. The molecule has 0 aromatic heterocycles. The molecule has 0 N–H and O–H groups in total. The van der Waals surface area contributed by atoms with Crippen molar-refractivity contribution in [2.75, 3.05) is 37.6 Å². The van der Waals surface area contributed by atoms with E-state index in [-0.39, 0.29) is 24.3 Å². The maximum Gasteiger partial charge on any atom is 0.251 e. The molecule has 29 heavy (non-hydrogen) atoms. The first kappa shape index (κ1) is 20.8. The quantitative estimate of drug-likeness (QED) is 0.683. The van der Waals surface area contributed by atoms with Gasteiger partial charge in [-0.25, -0.2) is 4.90 Å². The molecule has 3 aliphatic rings. The lowest BCUT2D eigenvalue weighted by atomic mass is 9.91. The van der Waals surface area contributed by atoms with Gasteiger partial charge in [0, 0.05) is 5.02 Å². The molecular weight excluding hydrogens is 386 g/mol. The van der Waals surface area contributed by atoms with E-state index in [0.29, 0.717) is 10.7 Å². The van der Waals surface area contributed by atoms with E-state index in [0.717, 1.165) is 37.8 Å². The highest BCUT2D eigenvalue weighted by Crippen LogP contribution is 2.30. The van der Waals surface area contributed by atoms with E-state index in [4.69, 9.17) is 11.6 Å². The summed E-state index contributed by atoms with van der Waals surface area (Å²) < 4.78 is 0. The van der Waals surface area contributed by atoms with Gasteiger partial charge < -0.3 is 4.90 Å². The van der Waals surface area contributed by atoms with E-state index < -0.39 is 0 Å². The number of benzene rings is 1. The normalized spacial score (nSPS) is 25.9. The van der Waals surface area contributed by atoms with Crippen molar-refractivity contribution in [3.63, 3.8) is 0 Å². The smallest absolute Gasteiger partial charge is 0.251 e. The zero-order valence-electron chi connectivity index (χ0n) is 17.4. The van der Waals surface area contributed by atoms with Crippen LogP contribution in [0.3, 0.4) is 0 Å². The Morgan fingerprint density at radius 2 is 1.62 bits per heavy atom. The highest BCUT2D eigenvalue weighted by Gasteiger charge is 2.43. The van der Waals surface area contributed by atoms with Gasteiger partial charge in [0.25, 0.3) is 5.91 Å². The molecule has 2 amide bonds. The van der Waals surface area contributed by atoms with Crippen LogP contribution in [0.1, 0.15) is 45.4 Å². The number of halogens is 1. The van der Waals surface area contributed by atoms with E-state index >= 15 is 0 Å². The molecule has 0 saturated carbocycles. The summed E-state index contributed by atoms with van der Waals surface area (Å²) in [6.07, 6.45) is 6.47. The number of piperidine rings is 2. The number of hydrogen-bond donors (Lipinski definition) is 0. The largest absolute Gasteiger partial charge is 0.303 e. The van der Waals surface area contributed by atoms with Gasteiger partial charge in [0.1, 0.15) is 0 Å². The minimum absolute atomic E-state index is 0.0850. The Hall–Kier alpha value is -1.43. The topological polar surface area (TPSA) is 43.9 Å². The Balaban J connectivity index is 1.27. The number of carbonyl (C=O) groups excluding carboxylic acids is 2. The summed E-state index contributed by atoms with van der Waals surface area (Å²) in [7, 11) is 0. The Bertz CT molecular complexity index is 722. The number of imide groups is 1. The summed E-state index contributed by atoms with van der Waals surface area (Å²) in [6.45, 7) is 7.90. The lowest BCUT2D eigenvalue weighted by molar-refractivity contribution is -0.123. The van der Waals surface area contributed by atoms with Crippen LogP contribution in [0, 0.1) is 11.8 Å². The number of nitrogens with zero attached hydrogens (tertiary/aromatic N) is 3. The van der Waals surface area contributed by atoms with Gasteiger partial charge >= 0.3 is 0 Å². The average Bonchev–Trinajstić information content (AvgIpc) is 3.03. The summed E-state index contributed by atoms with van der Waals surface area (Å²) in [4.78, 5) is 31.7. The second-order valence-electron chi connectivity index (χ2n) is 9.06. The molecular formula is C23H32ClN3O2. The first-order valence-electron chi connectivity index (χ1n) is 11.1. The van der Waals surface area contributed by atoms with Crippen LogP contribution < -0.4 is 4.90 Å². The average molecular weight is 418 g/mol. The van der Waals surface area contributed by atoms with Crippen LogP contribution in [0.15, 0.2) is 24.3 Å². The van der Waals surface area contributed by atoms with Gasteiger partial charge in [0.15, 0.2) is 0 Å². The van der Waals surface area contributed by atoms with Crippen LogP contribution in [0.4, 0.5) is 5.69 Å². The fourth-order valence-electron chi connectivity index (χ4n) is 4.97. The summed E-state index contributed by atoms with van der Waals surface area (Å²) in [5.41, 5.74) is 0.623. The van der Waals surface area contributed by atoms with Crippen molar-refractivity contribution in [1.29, 1.82) is 0 Å². The van der Waals surface area contributed by atoms with Crippen molar-refractivity contribution < 1.29 is 9.59 Å². The van der Waals surface area contributed by atoms with Crippen LogP contribution in [0.5, 0.6) is 0 Å². The highest BCUT2D eigenvalue weighted by molar-refractivity contribution is 6.30. The maximum absolute atomic E-state index is 13.0. The van der Waals surface area contributed by atoms with Gasteiger partial charge in [-0.1, -0.05) is 18.5 Å². The number of likely N-dealkylation sites (tertiary alicyclic amines) is 2. The molecule has 3 fully saturated rings. The van der Waals surface area contributed by atoms with Crippen LogP contribution in [0.2, 0.25) is 5.02 Å². The minimum atomic E-state index is -0.303. The first-order chi connectivity index (χ1) is 14.0. The Kier molecular flexibility index (Phi) is 6.57. The second-order valence-corrected chi connectivity index (χ2v) is 9.49. The Labute approximate surface area is 179 Å². The predicted octanol–water partition coefficient (Wildman–Crippen LogP) is 3.81. The lowest BCUT2D eigenvalue weighted by Crippen LogP contribution is -2.46. The molecule has 3 heterocycles. The van der Waals surface area contributed by atoms with Crippen molar-refractivity contribution in [2.24, 2.45) is 11.8 Å². The SMILES string of the molecule is CC1CCN(CCC2CCN([C@@H]3CC(=O)N(c4ccc(Cl)cc4)C3=O)CC2)CC1. The number of amides is 2. The van der Waals surface area contributed by atoms with Gasteiger partial charge in [-0.15, -0.1) is 0 Å². The minimum Gasteiger partial charge on any atom is -0.303 e. The molecule has 1 aromatic carbocycles. The number of rotatable bonds is 5. The van der Waals surface area contributed by atoms with Crippen LogP contribution in [0.25, 0.3) is 0 Å². The molecule has 4 rings (SSSR count). The predicted molar refractivity (Wildman–Crippen MR) is 116 cm³/mol. The molecule has 158 valence electrons. The summed E-state index contributed by atoms with van der Waals surface area (Å²) in [6, 6.07) is 6.63. The Morgan fingerprint density at radius 1 is 0.966 bits per heavy atom. The van der Waals surface area contributed by atoms with Crippen LogP contribution >= 0.6 is 11.6 Å². The van der Waals surface area contributed by atoms with Crippen molar-refractivity contribution in [1.82, 2.24) is 9.80 Å². The number of anilines is 1. The molecule has 0 bridgehead atoms. The highest BCUT2D eigenvalue weighted by atomic mass is 35.5. The molecule has 0 radical (unpaired) electrons. The van der Waals surface area contributed by atoms with Crippen molar-refractivity contribution in [3.8, 4) is 0 Å². The monoisotopic (exact) mass is 417 g/mol. The standard InChI is InChI=1S/C23H32ClN3O2/c1-17-6-11-25(12-7-17)13-8-18-9-14-26(15-10-18)21-16-22(28)27(23(21)29)20-4-2-19(24)3-5-20/h2-5,17-18,21H,6-16H2,1H3/t21-/m1/s1. The third-order valence-corrected chi connectivity index (χ3v) is 7.28. The lowest BCUT2D eigenvalue weighted by Gasteiger charge is -2.36. The van der Waals surface area contributed by atoms with Gasteiger partial charge in [0.2, 0.25) is 5.91 Å². The van der Waals surface area contributed by atoms with Gasteiger partial charge in [-0.2, -0.15) is 0 Å². The number of hydrogen-bond acceptors (Lipinski definition) is 4. The molecule has 0 spiro atoms.